The van der Waals surface area contributed by atoms with E-state index in [0.29, 0.717) is 13.2 Å². The molecule has 0 aromatic heterocycles. The van der Waals surface area contributed by atoms with Gasteiger partial charge in [-0.1, -0.05) is 58.8 Å². The molecule has 1 aliphatic rings. The lowest BCUT2D eigenvalue weighted by molar-refractivity contribution is -0.158. The van der Waals surface area contributed by atoms with Crippen molar-refractivity contribution < 1.29 is 19.1 Å². The molecule has 0 heterocycles. The van der Waals surface area contributed by atoms with Crippen molar-refractivity contribution in [1.82, 2.24) is 0 Å². The molecular weight excluding hydrogens is 304 g/mol. The zero-order valence-electron chi connectivity index (χ0n) is 15.7. The third-order valence-electron chi connectivity index (χ3n) is 4.91. The molecule has 0 aliphatic heterocycles. The largest absolute Gasteiger partial charge is 0.466 e. The van der Waals surface area contributed by atoms with Crippen molar-refractivity contribution in [2.45, 2.75) is 90.9 Å². The highest BCUT2D eigenvalue weighted by Gasteiger charge is 2.33. The predicted octanol–water partition coefficient (Wildman–Crippen LogP) is 5.04. The fourth-order valence-electron chi connectivity index (χ4n) is 3.39. The summed E-state index contributed by atoms with van der Waals surface area (Å²) in [5, 5.41) is 0. The lowest BCUT2D eigenvalue weighted by Gasteiger charge is -2.28. The molecule has 1 atom stereocenters. The van der Waals surface area contributed by atoms with Crippen molar-refractivity contribution in [3.05, 3.63) is 0 Å². The average Bonchev–Trinajstić information content (AvgIpc) is 2.61. The van der Waals surface area contributed by atoms with Crippen LogP contribution in [0.4, 0.5) is 0 Å². The molecule has 0 aromatic rings. The third-order valence-corrected chi connectivity index (χ3v) is 4.91. The second-order valence-corrected chi connectivity index (χ2v) is 7.01. The summed E-state index contributed by atoms with van der Waals surface area (Å²) in [5.74, 6) is -0.470. The number of carbonyl (C=O) groups excluding carboxylic acids is 2. The van der Waals surface area contributed by atoms with Crippen molar-refractivity contribution in [3.8, 4) is 0 Å². The molecular formula is C20H36O4. The van der Waals surface area contributed by atoms with Gasteiger partial charge in [0, 0.05) is 0 Å². The summed E-state index contributed by atoms with van der Waals surface area (Å²) >= 11 is 0. The van der Waals surface area contributed by atoms with Crippen LogP contribution in [0.2, 0.25) is 0 Å². The van der Waals surface area contributed by atoms with Gasteiger partial charge in [0.15, 0.2) is 0 Å². The maximum absolute atomic E-state index is 12.5. The average molecular weight is 341 g/mol. The first kappa shape index (κ1) is 21.0. The molecule has 1 unspecified atom stereocenters. The van der Waals surface area contributed by atoms with E-state index in [1.54, 1.807) is 0 Å². The Bertz CT molecular complexity index is 348. The number of unbranched alkanes of at least 4 members (excludes halogenated alkanes) is 4. The maximum atomic E-state index is 12.5. The van der Waals surface area contributed by atoms with Crippen LogP contribution in [-0.2, 0) is 19.1 Å². The number of hydrogen-bond donors (Lipinski definition) is 0. The lowest BCUT2D eigenvalue weighted by Crippen LogP contribution is -2.30. The molecule has 1 aliphatic carbocycles. The number of ether oxygens (including phenoxy) is 2. The minimum atomic E-state index is -0.314. The van der Waals surface area contributed by atoms with E-state index in [-0.39, 0.29) is 30.2 Å². The molecule has 0 radical (unpaired) electrons. The normalized spacial score (nSPS) is 16.6. The van der Waals surface area contributed by atoms with Gasteiger partial charge in [-0.15, -0.1) is 0 Å². The zero-order chi connectivity index (χ0) is 17.6. The van der Waals surface area contributed by atoms with Gasteiger partial charge < -0.3 is 9.47 Å². The van der Waals surface area contributed by atoms with E-state index < -0.39 is 0 Å². The molecule has 0 aromatic carbocycles. The number of rotatable bonds is 12. The summed E-state index contributed by atoms with van der Waals surface area (Å²) in [6.45, 7) is 5.19. The van der Waals surface area contributed by atoms with Crippen LogP contribution in [-0.4, -0.2) is 25.2 Å². The maximum Gasteiger partial charge on any atom is 0.309 e. The fourth-order valence-corrected chi connectivity index (χ4v) is 3.39. The Kier molecular flexibility index (Phi) is 11.6. The highest BCUT2D eigenvalue weighted by molar-refractivity contribution is 5.80. The van der Waals surface area contributed by atoms with Gasteiger partial charge in [0.2, 0.25) is 0 Å². The Hall–Kier alpha value is -1.06. The van der Waals surface area contributed by atoms with E-state index in [1.807, 2.05) is 0 Å². The first-order chi connectivity index (χ1) is 11.7. The van der Waals surface area contributed by atoms with Gasteiger partial charge in [-0.3, -0.25) is 9.59 Å². The van der Waals surface area contributed by atoms with Gasteiger partial charge in [-0.25, -0.2) is 0 Å². The van der Waals surface area contributed by atoms with Crippen molar-refractivity contribution in [2.75, 3.05) is 13.2 Å². The molecule has 0 bridgehead atoms. The van der Waals surface area contributed by atoms with Gasteiger partial charge in [-0.05, 0) is 31.6 Å². The number of hydrogen-bond acceptors (Lipinski definition) is 4. The molecule has 0 spiro atoms. The van der Waals surface area contributed by atoms with Gasteiger partial charge in [-0.2, -0.15) is 0 Å². The fraction of sp³-hybridized carbons (Fsp3) is 0.900. The summed E-state index contributed by atoms with van der Waals surface area (Å²) in [7, 11) is 0. The van der Waals surface area contributed by atoms with E-state index in [9.17, 15) is 9.59 Å². The standard InChI is InChI=1S/C20H36O4/c1-3-5-10-14-23-19(21)16-18(17-12-8-7-9-13-17)20(22)24-15-11-6-4-2/h17-18H,3-16H2,1-2H3. The molecule has 4 nitrogen and oxygen atoms in total. The number of carbonyl (C=O) groups is 2. The topological polar surface area (TPSA) is 52.6 Å². The monoisotopic (exact) mass is 340 g/mol. The summed E-state index contributed by atoms with van der Waals surface area (Å²) in [5.41, 5.74) is 0. The molecule has 1 saturated carbocycles. The molecule has 140 valence electrons. The van der Waals surface area contributed by atoms with Gasteiger partial charge >= 0.3 is 11.9 Å². The van der Waals surface area contributed by atoms with Crippen molar-refractivity contribution >= 4 is 11.9 Å². The van der Waals surface area contributed by atoms with Crippen LogP contribution in [0.25, 0.3) is 0 Å². The minimum absolute atomic E-state index is 0.184. The Morgan fingerprint density at radius 1 is 0.875 bits per heavy atom. The second-order valence-electron chi connectivity index (χ2n) is 7.01. The molecule has 0 saturated heterocycles. The van der Waals surface area contributed by atoms with Crippen LogP contribution in [0.1, 0.15) is 90.9 Å². The molecule has 0 N–H and O–H groups in total. The molecule has 1 fully saturated rings. The highest BCUT2D eigenvalue weighted by atomic mass is 16.5. The van der Waals surface area contributed by atoms with Gasteiger partial charge in [0.1, 0.15) is 0 Å². The van der Waals surface area contributed by atoms with E-state index >= 15 is 0 Å². The predicted molar refractivity (Wildman–Crippen MR) is 95.7 cm³/mol. The molecule has 4 heteroatoms. The van der Waals surface area contributed by atoms with Crippen molar-refractivity contribution in [3.63, 3.8) is 0 Å². The van der Waals surface area contributed by atoms with Crippen LogP contribution in [0, 0.1) is 11.8 Å². The van der Waals surface area contributed by atoms with E-state index in [4.69, 9.17) is 9.47 Å². The second kappa shape index (κ2) is 13.3. The summed E-state index contributed by atoms with van der Waals surface area (Å²) in [4.78, 5) is 24.6. The Balaban J connectivity index is 2.47. The summed E-state index contributed by atoms with van der Waals surface area (Å²) in [6.07, 6.45) is 11.9. The Morgan fingerprint density at radius 3 is 2.04 bits per heavy atom. The van der Waals surface area contributed by atoms with Crippen LogP contribution < -0.4 is 0 Å². The quantitative estimate of drug-likeness (QED) is 0.369. The zero-order valence-corrected chi connectivity index (χ0v) is 15.7. The van der Waals surface area contributed by atoms with Crippen LogP contribution >= 0.6 is 0 Å². The van der Waals surface area contributed by atoms with E-state index in [1.165, 1.54) is 6.42 Å². The first-order valence-electron chi connectivity index (χ1n) is 10.0. The summed E-state index contributed by atoms with van der Waals surface area (Å²) in [6, 6.07) is 0. The van der Waals surface area contributed by atoms with Crippen LogP contribution in [0.5, 0.6) is 0 Å². The SMILES string of the molecule is CCCCCOC(=O)CC(C(=O)OCCCCC)C1CCCCC1. The smallest absolute Gasteiger partial charge is 0.309 e. The minimum Gasteiger partial charge on any atom is -0.466 e. The summed E-state index contributed by atoms with van der Waals surface area (Å²) < 4.78 is 10.8. The van der Waals surface area contributed by atoms with E-state index in [2.05, 4.69) is 13.8 Å². The third kappa shape index (κ3) is 8.70. The Labute approximate surface area is 147 Å². The van der Waals surface area contributed by atoms with E-state index in [0.717, 1.165) is 64.2 Å². The highest BCUT2D eigenvalue weighted by Crippen LogP contribution is 2.33. The Morgan fingerprint density at radius 2 is 1.46 bits per heavy atom. The molecule has 0 amide bonds. The van der Waals surface area contributed by atoms with Crippen molar-refractivity contribution in [1.29, 1.82) is 0 Å². The first-order valence-corrected chi connectivity index (χ1v) is 10.0. The molecule has 1 rings (SSSR count). The van der Waals surface area contributed by atoms with Crippen LogP contribution in [0.15, 0.2) is 0 Å². The van der Waals surface area contributed by atoms with Crippen LogP contribution in [0.3, 0.4) is 0 Å². The van der Waals surface area contributed by atoms with Gasteiger partial charge in [0.25, 0.3) is 0 Å². The number of esters is 2. The van der Waals surface area contributed by atoms with Crippen molar-refractivity contribution in [2.24, 2.45) is 11.8 Å². The lowest BCUT2D eigenvalue weighted by atomic mass is 9.78. The van der Waals surface area contributed by atoms with Gasteiger partial charge in [0.05, 0.1) is 25.6 Å². The molecule has 24 heavy (non-hydrogen) atoms.